The van der Waals surface area contributed by atoms with Crippen LogP contribution >= 0.6 is 11.6 Å². The predicted molar refractivity (Wildman–Crippen MR) is 84.5 cm³/mol. The highest BCUT2D eigenvalue weighted by Crippen LogP contribution is 2.39. The standard InChI is InChI=1S/C16H26ClN3O/c1-3-4-5-14-18-13(16(17)19-14)10-20-8-11-6-7-12(9-20)15(11)21-2/h11-12,15H,3-10H2,1-2H3,(H,18,19)/t11-,12+,15?. The largest absolute Gasteiger partial charge is 0.381 e. The molecular weight excluding hydrogens is 286 g/mol. The van der Waals surface area contributed by atoms with Gasteiger partial charge < -0.3 is 9.72 Å². The van der Waals surface area contributed by atoms with Crippen molar-refractivity contribution in [3.8, 4) is 0 Å². The van der Waals surface area contributed by atoms with Crippen LogP contribution in [0.25, 0.3) is 0 Å². The lowest BCUT2D eigenvalue weighted by atomic mass is 9.95. The summed E-state index contributed by atoms with van der Waals surface area (Å²) >= 11 is 6.29. The molecule has 1 saturated heterocycles. The van der Waals surface area contributed by atoms with Gasteiger partial charge >= 0.3 is 0 Å². The Hall–Kier alpha value is -0.580. The number of aromatic amines is 1. The van der Waals surface area contributed by atoms with Gasteiger partial charge in [-0.1, -0.05) is 24.9 Å². The first kappa shape index (κ1) is 15.3. The van der Waals surface area contributed by atoms with Crippen LogP contribution in [0.15, 0.2) is 0 Å². The quantitative estimate of drug-likeness (QED) is 0.876. The van der Waals surface area contributed by atoms with Crippen molar-refractivity contribution >= 4 is 11.6 Å². The molecule has 118 valence electrons. The molecule has 0 aromatic carbocycles. The number of hydrogen-bond acceptors (Lipinski definition) is 3. The van der Waals surface area contributed by atoms with Gasteiger partial charge in [0.25, 0.3) is 0 Å². The number of rotatable bonds is 6. The SMILES string of the molecule is CCCCc1nc(Cl)c(CN2C[C@H]3CC[C@@H](C2)C3OC)[nH]1. The van der Waals surface area contributed by atoms with Crippen LogP contribution in [-0.2, 0) is 17.7 Å². The summed E-state index contributed by atoms with van der Waals surface area (Å²) in [5.41, 5.74) is 1.08. The molecule has 1 unspecified atom stereocenters. The number of nitrogens with one attached hydrogen (secondary N) is 1. The highest BCUT2D eigenvalue weighted by Gasteiger charge is 2.42. The predicted octanol–water partition coefficient (Wildman–Crippen LogP) is 3.26. The molecular formula is C16H26ClN3O. The van der Waals surface area contributed by atoms with Crippen molar-refractivity contribution < 1.29 is 4.74 Å². The molecule has 1 aromatic heterocycles. The molecule has 0 amide bonds. The first-order valence-electron chi connectivity index (χ1n) is 8.19. The van der Waals surface area contributed by atoms with Gasteiger partial charge in [-0.15, -0.1) is 0 Å². The number of unbranched alkanes of at least 4 members (excludes halogenated alkanes) is 1. The van der Waals surface area contributed by atoms with Crippen molar-refractivity contribution in [2.45, 2.75) is 51.7 Å². The van der Waals surface area contributed by atoms with Crippen LogP contribution in [0.3, 0.4) is 0 Å². The summed E-state index contributed by atoms with van der Waals surface area (Å²) in [6.07, 6.45) is 6.41. The van der Waals surface area contributed by atoms with Crippen molar-refractivity contribution in [3.63, 3.8) is 0 Å². The maximum Gasteiger partial charge on any atom is 0.151 e. The maximum absolute atomic E-state index is 6.29. The van der Waals surface area contributed by atoms with Crippen molar-refractivity contribution in [1.29, 1.82) is 0 Å². The van der Waals surface area contributed by atoms with E-state index in [4.69, 9.17) is 16.3 Å². The molecule has 21 heavy (non-hydrogen) atoms. The molecule has 2 aliphatic rings. The molecule has 1 N–H and O–H groups in total. The van der Waals surface area contributed by atoms with Crippen LogP contribution in [0.5, 0.6) is 0 Å². The van der Waals surface area contributed by atoms with E-state index < -0.39 is 0 Å². The average molecular weight is 312 g/mol. The number of aryl methyl sites for hydroxylation is 1. The lowest BCUT2D eigenvalue weighted by Crippen LogP contribution is -2.45. The second-order valence-corrected chi connectivity index (χ2v) is 6.91. The van der Waals surface area contributed by atoms with Gasteiger partial charge in [-0.3, -0.25) is 4.90 Å². The molecule has 2 bridgehead atoms. The van der Waals surface area contributed by atoms with E-state index in [2.05, 4.69) is 21.8 Å². The van der Waals surface area contributed by atoms with Crippen molar-refractivity contribution in [1.82, 2.24) is 14.9 Å². The average Bonchev–Trinajstić information content (AvgIpc) is 2.94. The summed E-state index contributed by atoms with van der Waals surface area (Å²) in [6, 6.07) is 0. The molecule has 0 spiro atoms. The first-order chi connectivity index (χ1) is 10.2. The topological polar surface area (TPSA) is 41.2 Å². The fourth-order valence-corrected chi connectivity index (χ4v) is 4.22. The van der Waals surface area contributed by atoms with Crippen molar-refractivity contribution in [2.24, 2.45) is 11.8 Å². The third-order valence-corrected chi connectivity index (χ3v) is 5.33. The van der Waals surface area contributed by atoms with E-state index in [9.17, 15) is 0 Å². The van der Waals surface area contributed by atoms with Crippen LogP contribution in [0, 0.1) is 11.8 Å². The van der Waals surface area contributed by atoms with Gasteiger partial charge in [0.2, 0.25) is 0 Å². The lowest BCUT2D eigenvalue weighted by molar-refractivity contribution is -0.0182. The van der Waals surface area contributed by atoms with Crippen LogP contribution in [0.4, 0.5) is 0 Å². The van der Waals surface area contributed by atoms with Crippen LogP contribution in [-0.4, -0.2) is 41.2 Å². The van der Waals surface area contributed by atoms with Crippen molar-refractivity contribution in [2.75, 3.05) is 20.2 Å². The Kier molecular flexibility index (Phi) is 4.87. The van der Waals surface area contributed by atoms with Gasteiger partial charge in [0.05, 0.1) is 11.8 Å². The summed E-state index contributed by atoms with van der Waals surface area (Å²) in [6.45, 7) is 5.33. The minimum atomic E-state index is 0.471. The molecule has 3 atom stereocenters. The molecule has 1 saturated carbocycles. The van der Waals surface area contributed by atoms with Crippen LogP contribution in [0.2, 0.25) is 5.15 Å². The lowest BCUT2D eigenvalue weighted by Gasteiger charge is -2.36. The van der Waals surface area contributed by atoms with Crippen LogP contribution in [0.1, 0.15) is 44.1 Å². The Morgan fingerprint density at radius 3 is 2.67 bits per heavy atom. The number of likely N-dealkylation sites (tertiary alicyclic amines) is 1. The molecule has 3 rings (SSSR count). The Bertz CT molecular complexity index is 462. The second kappa shape index (κ2) is 6.67. The fraction of sp³-hybridized carbons (Fsp3) is 0.812. The molecule has 1 aromatic rings. The third-order valence-electron chi connectivity index (χ3n) is 5.02. The summed E-state index contributed by atoms with van der Waals surface area (Å²) in [5.74, 6) is 2.41. The number of ether oxygens (including phenoxy) is 1. The van der Waals surface area contributed by atoms with Crippen LogP contribution < -0.4 is 0 Å². The molecule has 2 heterocycles. The highest BCUT2D eigenvalue weighted by atomic mass is 35.5. The Balaban J connectivity index is 1.61. The van der Waals surface area contributed by atoms with E-state index >= 15 is 0 Å². The number of halogens is 1. The van der Waals surface area contributed by atoms with E-state index in [0.717, 1.165) is 44.0 Å². The van der Waals surface area contributed by atoms with Gasteiger partial charge in [-0.25, -0.2) is 4.98 Å². The molecule has 5 heteroatoms. The first-order valence-corrected chi connectivity index (χ1v) is 8.57. The zero-order chi connectivity index (χ0) is 14.8. The Morgan fingerprint density at radius 2 is 2.05 bits per heavy atom. The number of aromatic nitrogens is 2. The molecule has 1 aliphatic heterocycles. The monoisotopic (exact) mass is 311 g/mol. The smallest absolute Gasteiger partial charge is 0.151 e. The number of H-pyrrole nitrogens is 1. The molecule has 1 aliphatic carbocycles. The number of imidazole rings is 1. The second-order valence-electron chi connectivity index (χ2n) is 6.55. The number of nitrogens with zero attached hydrogens (tertiary/aromatic N) is 2. The zero-order valence-electron chi connectivity index (χ0n) is 13.1. The fourth-order valence-electron chi connectivity index (χ4n) is 4.01. The van der Waals surface area contributed by atoms with E-state index in [1.165, 1.54) is 19.3 Å². The number of piperidine rings is 1. The minimum absolute atomic E-state index is 0.471. The van der Waals surface area contributed by atoms with E-state index in [-0.39, 0.29) is 0 Å². The maximum atomic E-state index is 6.29. The summed E-state index contributed by atoms with van der Waals surface area (Å²) in [5, 5.41) is 0.655. The summed E-state index contributed by atoms with van der Waals surface area (Å²) < 4.78 is 5.68. The zero-order valence-corrected chi connectivity index (χ0v) is 13.8. The highest BCUT2D eigenvalue weighted by molar-refractivity contribution is 6.30. The third kappa shape index (κ3) is 3.27. The van der Waals surface area contributed by atoms with Gasteiger partial charge in [-0.05, 0) is 31.1 Å². The van der Waals surface area contributed by atoms with E-state index in [0.29, 0.717) is 23.1 Å². The van der Waals surface area contributed by atoms with Gasteiger partial charge in [0, 0.05) is 33.2 Å². The molecule has 4 nitrogen and oxygen atoms in total. The Labute approximate surface area is 132 Å². The molecule has 0 radical (unpaired) electrons. The van der Waals surface area contributed by atoms with Gasteiger partial charge in [-0.2, -0.15) is 0 Å². The Morgan fingerprint density at radius 1 is 1.33 bits per heavy atom. The summed E-state index contributed by atoms with van der Waals surface area (Å²) in [7, 11) is 1.86. The van der Waals surface area contributed by atoms with Gasteiger partial charge in [0.15, 0.2) is 5.15 Å². The van der Waals surface area contributed by atoms with Crippen molar-refractivity contribution in [3.05, 3.63) is 16.7 Å². The number of fused-ring (bicyclic) bond motifs is 2. The number of methoxy groups -OCH3 is 1. The summed E-state index contributed by atoms with van der Waals surface area (Å²) in [4.78, 5) is 10.4. The van der Waals surface area contributed by atoms with Gasteiger partial charge in [0.1, 0.15) is 5.82 Å². The normalized spacial score (nSPS) is 29.2. The number of hydrogen-bond donors (Lipinski definition) is 1. The van der Waals surface area contributed by atoms with E-state index in [1.54, 1.807) is 0 Å². The van der Waals surface area contributed by atoms with E-state index in [1.807, 2.05) is 7.11 Å². The molecule has 2 fully saturated rings. The minimum Gasteiger partial charge on any atom is -0.381 e.